The number of halogens is 1. The number of carbonyl (C=O) groups is 2. The predicted octanol–water partition coefficient (Wildman–Crippen LogP) is 3.08. The molecule has 2 amide bonds. The lowest BCUT2D eigenvalue weighted by Gasteiger charge is -2.32. The third kappa shape index (κ3) is 3.14. The van der Waals surface area contributed by atoms with E-state index in [9.17, 15) is 9.59 Å². The summed E-state index contributed by atoms with van der Waals surface area (Å²) < 4.78 is 5.43. The summed E-state index contributed by atoms with van der Waals surface area (Å²) in [5.74, 6) is -0.306. The normalized spacial score (nSPS) is 22.5. The molecule has 0 N–H and O–H groups in total. The summed E-state index contributed by atoms with van der Waals surface area (Å²) in [4.78, 5) is 30.1. The highest BCUT2D eigenvalue weighted by Crippen LogP contribution is 2.36. The van der Waals surface area contributed by atoms with Gasteiger partial charge in [-0.15, -0.1) is 0 Å². The van der Waals surface area contributed by atoms with Gasteiger partial charge in [0.2, 0.25) is 0 Å². The number of rotatable bonds is 3. The smallest absolute Gasteiger partial charge is 0.278 e. The number of ether oxygens (including phenoxy) is 1. The summed E-state index contributed by atoms with van der Waals surface area (Å²) in [6.45, 7) is 2.40. The fraction of sp³-hybridized carbons (Fsp3) is 0.500. The van der Waals surface area contributed by atoms with Crippen molar-refractivity contribution in [2.24, 2.45) is 0 Å². The third-order valence-electron chi connectivity index (χ3n) is 5.49. The van der Waals surface area contributed by atoms with Crippen molar-refractivity contribution in [3.05, 3.63) is 40.5 Å². The third-order valence-corrected chi connectivity index (χ3v) is 5.74. The molecular weight excluding hydrogens is 352 g/mol. The largest absolute Gasteiger partial charge is 0.378 e. The molecule has 0 aromatic heterocycles. The molecule has 1 aliphatic carbocycles. The minimum absolute atomic E-state index is 0.0181. The highest BCUT2D eigenvalue weighted by molar-refractivity contribution is 6.36. The van der Waals surface area contributed by atoms with Gasteiger partial charge >= 0.3 is 0 Å². The molecule has 1 aromatic carbocycles. The van der Waals surface area contributed by atoms with Gasteiger partial charge in [0.25, 0.3) is 11.8 Å². The van der Waals surface area contributed by atoms with Gasteiger partial charge in [-0.2, -0.15) is 0 Å². The van der Waals surface area contributed by atoms with Crippen LogP contribution in [0.25, 0.3) is 5.57 Å². The maximum atomic E-state index is 13.3. The van der Waals surface area contributed by atoms with Gasteiger partial charge in [0.15, 0.2) is 0 Å². The van der Waals surface area contributed by atoms with Crippen LogP contribution in [0.5, 0.6) is 0 Å². The van der Waals surface area contributed by atoms with Gasteiger partial charge in [0.1, 0.15) is 5.70 Å². The van der Waals surface area contributed by atoms with E-state index in [1.165, 1.54) is 11.3 Å². The average molecular weight is 375 g/mol. The van der Waals surface area contributed by atoms with Crippen LogP contribution in [0.1, 0.15) is 37.7 Å². The summed E-state index contributed by atoms with van der Waals surface area (Å²) in [7, 11) is 0. The van der Waals surface area contributed by atoms with E-state index in [-0.39, 0.29) is 17.9 Å². The molecule has 0 spiro atoms. The Balaban J connectivity index is 1.74. The Morgan fingerprint density at radius 3 is 2.23 bits per heavy atom. The second-order valence-corrected chi connectivity index (χ2v) is 7.54. The lowest BCUT2D eigenvalue weighted by Crippen LogP contribution is -2.45. The zero-order valence-electron chi connectivity index (χ0n) is 14.7. The first-order valence-electron chi connectivity index (χ1n) is 9.37. The summed E-state index contributed by atoms with van der Waals surface area (Å²) in [5.41, 5.74) is 1.80. The Bertz CT molecular complexity index is 732. The first-order valence-corrected chi connectivity index (χ1v) is 9.75. The molecule has 2 heterocycles. The minimum Gasteiger partial charge on any atom is -0.378 e. The van der Waals surface area contributed by atoms with Crippen LogP contribution >= 0.6 is 11.6 Å². The molecule has 0 bridgehead atoms. The van der Waals surface area contributed by atoms with E-state index < -0.39 is 0 Å². The molecule has 0 atom stereocenters. The van der Waals surface area contributed by atoms with Gasteiger partial charge in [-0.25, -0.2) is 0 Å². The summed E-state index contributed by atoms with van der Waals surface area (Å²) in [6.07, 6.45) is 5.14. The van der Waals surface area contributed by atoms with Crippen LogP contribution in [0.2, 0.25) is 5.02 Å². The molecule has 0 unspecified atom stereocenters. The van der Waals surface area contributed by atoms with Gasteiger partial charge < -0.3 is 9.64 Å². The molecule has 2 fully saturated rings. The van der Waals surface area contributed by atoms with Gasteiger partial charge in [0.05, 0.1) is 18.8 Å². The van der Waals surface area contributed by atoms with Gasteiger partial charge in [-0.1, -0.05) is 43.0 Å². The average Bonchev–Trinajstić information content (AvgIpc) is 2.94. The standard InChI is InChI=1S/C20H23ClN2O3/c21-15-8-6-14(7-9-15)17-18(22-10-12-26-13-11-22)20(25)23(19(17)24)16-4-2-1-3-5-16/h6-9,16H,1-5,10-13H2. The summed E-state index contributed by atoms with van der Waals surface area (Å²) >= 11 is 6.01. The molecule has 4 rings (SSSR count). The van der Waals surface area contributed by atoms with Crippen molar-refractivity contribution in [3.63, 3.8) is 0 Å². The van der Waals surface area contributed by atoms with E-state index in [0.717, 1.165) is 31.2 Å². The minimum atomic E-state index is -0.161. The number of carbonyl (C=O) groups excluding carboxylic acids is 2. The molecule has 1 saturated carbocycles. The van der Waals surface area contributed by atoms with Crippen molar-refractivity contribution in [2.75, 3.05) is 26.3 Å². The Morgan fingerprint density at radius 2 is 1.58 bits per heavy atom. The maximum absolute atomic E-state index is 13.3. The Labute approximate surface area is 158 Å². The summed E-state index contributed by atoms with van der Waals surface area (Å²) in [5, 5.41) is 0.614. The molecule has 3 aliphatic rings. The van der Waals surface area contributed by atoms with Gasteiger partial charge in [-0.05, 0) is 30.5 Å². The van der Waals surface area contributed by atoms with E-state index >= 15 is 0 Å². The van der Waals surface area contributed by atoms with Crippen LogP contribution < -0.4 is 0 Å². The van der Waals surface area contributed by atoms with E-state index in [0.29, 0.717) is 42.6 Å². The van der Waals surface area contributed by atoms with E-state index in [1.807, 2.05) is 17.0 Å². The molecule has 5 nitrogen and oxygen atoms in total. The zero-order chi connectivity index (χ0) is 18.1. The van der Waals surface area contributed by atoms with Crippen LogP contribution in [-0.4, -0.2) is 54.0 Å². The van der Waals surface area contributed by atoms with Crippen molar-refractivity contribution in [3.8, 4) is 0 Å². The second-order valence-electron chi connectivity index (χ2n) is 7.10. The lowest BCUT2D eigenvalue weighted by atomic mass is 9.94. The molecule has 6 heteroatoms. The monoisotopic (exact) mass is 374 g/mol. The Hall–Kier alpha value is -1.85. The Kier molecular flexibility index (Phi) is 5.00. The van der Waals surface area contributed by atoms with Crippen molar-refractivity contribution >= 4 is 29.0 Å². The number of nitrogens with zero attached hydrogens (tertiary/aromatic N) is 2. The molecule has 1 saturated heterocycles. The second kappa shape index (κ2) is 7.41. The van der Waals surface area contributed by atoms with E-state index in [1.54, 1.807) is 12.1 Å². The fourth-order valence-electron chi connectivity index (χ4n) is 4.16. The summed E-state index contributed by atoms with van der Waals surface area (Å²) in [6, 6.07) is 7.20. The number of morpholine rings is 1. The topological polar surface area (TPSA) is 49.9 Å². The highest BCUT2D eigenvalue weighted by Gasteiger charge is 2.45. The molecule has 1 aromatic rings. The van der Waals surface area contributed by atoms with Crippen LogP contribution in [0.4, 0.5) is 0 Å². The predicted molar refractivity (Wildman–Crippen MR) is 99.5 cm³/mol. The number of amides is 2. The number of benzene rings is 1. The number of hydrogen-bond acceptors (Lipinski definition) is 4. The van der Waals surface area contributed by atoms with E-state index in [2.05, 4.69) is 0 Å². The molecular formula is C20H23ClN2O3. The van der Waals surface area contributed by atoms with Crippen molar-refractivity contribution in [1.82, 2.24) is 9.80 Å². The maximum Gasteiger partial charge on any atom is 0.278 e. The van der Waals surface area contributed by atoms with Crippen molar-refractivity contribution < 1.29 is 14.3 Å². The quantitative estimate of drug-likeness (QED) is 0.763. The van der Waals surface area contributed by atoms with Gasteiger partial charge in [-0.3, -0.25) is 14.5 Å². The van der Waals surface area contributed by atoms with Crippen LogP contribution in [-0.2, 0) is 14.3 Å². The van der Waals surface area contributed by atoms with E-state index in [4.69, 9.17) is 16.3 Å². The number of imide groups is 1. The molecule has 0 radical (unpaired) electrons. The van der Waals surface area contributed by atoms with Gasteiger partial charge in [0, 0.05) is 24.2 Å². The van der Waals surface area contributed by atoms with Crippen LogP contribution in [0, 0.1) is 0 Å². The molecule has 26 heavy (non-hydrogen) atoms. The van der Waals surface area contributed by atoms with Crippen molar-refractivity contribution in [2.45, 2.75) is 38.1 Å². The highest BCUT2D eigenvalue weighted by atomic mass is 35.5. The Morgan fingerprint density at radius 1 is 0.923 bits per heavy atom. The lowest BCUT2D eigenvalue weighted by molar-refractivity contribution is -0.141. The van der Waals surface area contributed by atoms with Crippen LogP contribution in [0.15, 0.2) is 30.0 Å². The van der Waals surface area contributed by atoms with Crippen molar-refractivity contribution in [1.29, 1.82) is 0 Å². The number of hydrogen-bond donors (Lipinski definition) is 0. The SMILES string of the molecule is O=C1C(c2ccc(Cl)cc2)=C(N2CCOCC2)C(=O)N1C1CCCCC1. The first-order chi connectivity index (χ1) is 12.7. The zero-order valence-corrected chi connectivity index (χ0v) is 15.5. The molecule has 2 aliphatic heterocycles. The fourth-order valence-corrected chi connectivity index (χ4v) is 4.29. The molecule has 138 valence electrons. The first kappa shape index (κ1) is 17.6. The van der Waals surface area contributed by atoms with Crippen LogP contribution in [0.3, 0.4) is 0 Å².